The average molecular weight is 230 g/mol. The Kier molecular flexibility index (Phi) is 4.24. The molecule has 0 aromatic heterocycles. The lowest BCUT2D eigenvalue weighted by molar-refractivity contribution is 0.389. The van der Waals surface area contributed by atoms with Gasteiger partial charge >= 0.3 is 0 Å². The van der Waals surface area contributed by atoms with Crippen molar-refractivity contribution in [3.8, 4) is 11.5 Å². The van der Waals surface area contributed by atoms with Crippen molar-refractivity contribution in [2.24, 2.45) is 5.73 Å². The van der Waals surface area contributed by atoms with Crippen LogP contribution in [0.5, 0.6) is 11.5 Å². The zero-order chi connectivity index (χ0) is 11.4. The molecule has 0 amide bonds. The van der Waals surface area contributed by atoms with Gasteiger partial charge in [-0.25, -0.2) is 0 Å². The number of rotatable bonds is 4. The summed E-state index contributed by atoms with van der Waals surface area (Å²) in [4.78, 5) is 0. The first kappa shape index (κ1) is 12.1. The Bertz CT molecular complexity index is 342. The Morgan fingerprint density at radius 2 is 2.00 bits per heavy atom. The molecule has 0 heterocycles. The highest BCUT2D eigenvalue weighted by Crippen LogP contribution is 2.36. The lowest BCUT2D eigenvalue weighted by Gasteiger charge is -2.16. The van der Waals surface area contributed by atoms with E-state index in [0.29, 0.717) is 17.3 Å². The van der Waals surface area contributed by atoms with Gasteiger partial charge in [0.05, 0.1) is 19.2 Å². The molecule has 1 unspecified atom stereocenters. The molecule has 3 nitrogen and oxygen atoms in total. The fourth-order valence-corrected chi connectivity index (χ4v) is 1.84. The van der Waals surface area contributed by atoms with Crippen molar-refractivity contribution in [2.45, 2.75) is 12.8 Å². The Hall–Kier alpha value is -0.930. The standard InChI is InChI=1S/C11H16ClNO2/c1-7(6-13)11-9(12)4-8(14-2)5-10(11)15-3/h4-5,7H,6,13H2,1-3H3. The number of hydrogen-bond donors (Lipinski definition) is 1. The molecule has 4 heteroatoms. The molecule has 15 heavy (non-hydrogen) atoms. The van der Waals surface area contributed by atoms with Crippen LogP contribution >= 0.6 is 11.6 Å². The maximum Gasteiger partial charge on any atom is 0.127 e. The molecule has 1 rings (SSSR count). The molecule has 1 aromatic rings. The first-order chi connectivity index (χ1) is 7.13. The normalized spacial score (nSPS) is 12.3. The van der Waals surface area contributed by atoms with Crippen LogP contribution in [0.15, 0.2) is 12.1 Å². The van der Waals surface area contributed by atoms with Gasteiger partial charge in [0.1, 0.15) is 11.5 Å². The fourth-order valence-electron chi connectivity index (χ4n) is 1.45. The van der Waals surface area contributed by atoms with Crippen molar-refractivity contribution in [1.29, 1.82) is 0 Å². The molecular formula is C11H16ClNO2. The molecular weight excluding hydrogens is 214 g/mol. The number of methoxy groups -OCH3 is 2. The second-order valence-corrected chi connectivity index (χ2v) is 3.77. The van der Waals surface area contributed by atoms with Crippen LogP contribution in [0.3, 0.4) is 0 Å². The summed E-state index contributed by atoms with van der Waals surface area (Å²) in [5.74, 6) is 1.57. The SMILES string of the molecule is COc1cc(Cl)c(C(C)CN)c(OC)c1. The third-order valence-corrected chi connectivity index (χ3v) is 2.68. The molecule has 1 atom stereocenters. The number of hydrogen-bond acceptors (Lipinski definition) is 3. The van der Waals surface area contributed by atoms with E-state index in [-0.39, 0.29) is 5.92 Å². The summed E-state index contributed by atoms with van der Waals surface area (Å²) in [5.41, 5.74) is 6.55. The van der Waals surface area contributed by atoms with Crippen molar-refractivity contribution >= 4 is 11.6 Å². The Balaban J connectivity index is 3.24. The van der Waals surface area contributed by atoms with Gasteiger partial charge in [0.25, 0.3) is 0 Å². The fraction of sp³-hybridized carbons (Fsp3) is 0.455. The van der Waals surface area contributed by atoms with E-state index in [4.69, 9.17) is 26.8 Å². The lowest BCUT2D eigenvalue weighted by atomic mass is 10.00. The molecule has 84 valence electrons. The van der Waals surface area contributed by atoms with Crippen LogP contribution in [0.25, 0.3) is 0 Å². The third kappa shape index (κ3) is 2.55. The maximum atomic E-state index is 6.15. The zero-order valence-electron chi connectivity index (χ0n) is 9.21. The Morgan fingerprint density at radius 3 is 2.47 bits per heavy atom. The van der Waals surface area contributed by atoms with Crippen LogP contribution in [0.2, 0.25) is 5.02 Å². The summed E-state index contributed by atoms with van der Waals surface area (Å²) in [5, 5.41) is 0.629. The monoisotopic (exact) mass is 229 g/mol. The summed E-state index contributed by atoms with van der Waals surface area (Å²) >= 11 is 6.15. The molecule has 0 saturated heterocycles. The van der Waals surface area contributed by atoms with Crippen molar-refractivity contribution in [2.75, 3.05) is 20.8 Å². The molecule has 0 aliphatic rings. The summed E-state index contributed by atoms with van der Waals surface area (Å²) in [6.45, 7) is 2.54. The minimum absolute atomic E-state index is 0.165. The van der Waals surface area contributed by atoms with Gasteiger partial charge in [-0.3, -0.25) is 0 Å². The van der Waals surface area contributed by atoms with Gasteiger partial charge in [-0.2, -0.15) is 0 Å². The maximum absolute atomic E-state index is 6.15. The van der Waals surface area contributed by atoms with Crippen molar-refractivity contribution in [3.63, 3.8) is 0 Å². The van der Waals surface area contributed by atoms with E-state index in [1.54, 1.807) is 20.3 Å². The van der Waals surface area contributed by atoms with E-state index in [9.17, 15) is 0 Å². The highest BCUT2D eigenvalue weighted by molar-refractivity contribution is 6.31. The molecule has 0 bridgehead atoms. The summed E-state index contributed by atoms with van der Waals surface area (Å²) in [6, 6.07) is 3.58. The summed E-state index contributed by atoms with van der Waals surface area (Å²) < 4.78 is 10.4. The van der Waals surface area contributed by atoms with Gasteiger partial charge < -0.3 is 15.2 Å². The van der Waals surface area contributed by atoms with Gasteiger partial charge in [0.15, 0.2) is 0 Å². The molecule has 1 aromatic carbocycles. The van der Waals surface area contributed by atoms with Gasteiger partial charge in [0.2, 0.25) is 0 Å². The third-order valence-electron chi connectivity index (χ3n) is 2.37. The minimum atomic E-state index is 0.165. The molecule has 0 radical (unpaired) electrons. The number of nitrogens with two attached hydrogens (primary N) is 1. The van der Waals surface area contributed by atoms with Crippen LogP contribution < -0.4 is 15.2 Å². The van der Waals surface area contributed by atoms with Crippen LogP contribution in [0, 0.1) is 0 Å². The molecule has 0 fully saturated rings. The predicted octanol–water partition coefficient (Wildman–Crippen LogP) is 2.42. The van der Waals surface area contributed by atoms with Gasteiger partial charge in [-0.1, -0.05) is 18.5 Å². The topological polar surface area (TPSA) is 44.5 Å². The van der Waals surface area contributed by atoms with Crippen molar-refractivity contribution in [3.05, 3.63) is 22.7 Å². The molecule has 0 spiro atoms. The second-order valence-electron chi connectivity index (χ2n) is 3.36. The lowest BCUT2D eigenvalue weighted by Crippen LogP contribution is -2.10. The van der Waals surface area contributed by atoms with Crippen LogP contribution in [0.1, 0.15) is 18.4 Å². The highest BCUT2D eigenvalue weighted by atomic mass is 35.5. The highest BCUT2D eigenvalue weighted by Gasteiger charge is 2.15. The van der Waals surface area contributed by atoms with E-state index < -0.39 is 0 Å². The van der Waals surface area contributed by atoms with E-state index in [2.05, 4.69) is 0 Å². The second kappa shape index (κ2) is 5.24. The first-order valence-corrected chi connectivity index (χ1v) is 5.13. The van der Waals surface area contributed by atoms with Crippen molar-refractivity contribution in [1.82, 2.24) is 0 Å². The number of benzene rings is 1. The minimum Gasteiger partial charge on any atom is -0.497 e. The van der Waals surface area contributed by atoms with Crippen molar-refractivity contribution < 1.29 is 9.47 Å². The van der Waals surface area contributed by atoms with E-state index in [1.807, 2.05) is 13.0 Å². The Labute approximate surface area is 95.1 Å². The molecule has 0 saturated carbocycles. The Morgan fingerprint density at radius 1 is 1.33 bits per heavy atom. The zero-order valence-corrected chi connectivity index (χ0v) is 9.97. The predicted molar refractivity (Wildman–Crippen MR) is 62.0 cm³/mol. The van der Waals surface area contributed by atoms with E-state index in [1.165, 1.54) is 0 Å². The van der Waals surface area contributed by atoms with Crippen LogP contribution in [-0.4, -0.2) is 20.8 Å². The van der Waals surface area contributed by atoms with Crippen LogP contribution in [0.4, 0.5) is 0 Å². The summed E-state index contributed by atoms with van der Waals surface area (Å²) in [6.07, 6.45) is 0. The first-order valence-electron chi connectivity index (χ1n) is 4.75. The number of halogens is 1. The summed E-state index contributed by atoms with van der Waals surface area (Å²) in [7, 11) is 3.20. The number of ether oxygens (including phenoxy) is 2. The molecule has 2 N–H and O–H groups in total. The molecule has 0 aliphatic carbocycles. The van der Waals surface area contributed by atoms with Crippen LogP contribution in [-0.2, 0) is 0 Å². The average Bonchev–Trinajstić information content (AvgIpc) is 2.26. The quantitative estimate of drug-likeness (QED) is 0.863. The van der Waals surface area contributed by atoms with E-state index in [0.717, 1.165) is 11.3 Å². The van der Waals surface area contributed by atoms with Gasteiger partial charge in [-0.05, 0) is 18.5 Å². The van der Waals surface area contributed by atoms with Gasteiger partial charge in [-0.15, -0.1) is 0 Å². The van der Waals surface area contributed by atoms with E-state index >= 15 is 0 Å². The smallest absolute Gasteiger partial charge is 0.127 e. The molecule has 0 aliphatic heterocycles. The largest absolute Gasteiger partial charge is 0.497 e. The van der Waals surface area contributed by atoms with Gasteiger partial charge in [0, 0.05) is 11.6 Å².